The third kappa shape index (κ3) is 6.99. The normalized spacial score (nSPS) is 13.7. The van der Waals surface area contributed by atoms with E-state index in [0.29, 0.717) is 23.2 Å². The zero-order valence-corrected chi connectivity index (χ0v) is 26.2. The highest BCUT2D eigenvalue weighted by Crippen LogP contribution is 2.41. The summed E-state index contributed by atoms with van der Waals surface area (Å²) in [6, 6.07) is 21.4. The second-order valence-electron chi connectivity index (χ2n) is 12.3. The monoisotopic (exact) mass is 588 g/mol. The van der Waals surface area contributed by atoms with Gasteiger partial charge in [-0.15, -0.1) is 0 Å². The Labute approximate surface area is 247 Å². The van der Waals surface area contributed by atoms with Crippen molar-refractivity contribution >= 4 is 48.0 Å². The van der Waals surface area contributed by atoms with E-state index in [1.807, 2.05) is 30.3 Å². The number of ketones is 1. The van der Waals surface area contributed by atoms with Crippen molar-refractivity contribution in [3.8, 4) is 0 Å². The van der Waals surface area contributed by atoms with Crippen LogP contribution in [-0.4, -0.2) is 38.3 Å². The van der Waals surface area contributed by atoms with Gasteiger partial charge in [-0.2, -0.15) is 0 Å². The summed E-state index contributed by atoms with van der Waals surface area (Å²) in [4.78, 5) is 36.8. The van der Waals surface area contributed by atoms with Crippen molar-refractivity contribution < 1.29 is 33.1 Å². The first-order valence-electron chi connectivity index (χ1n) is 14.3. The van der Waals surface area contributed by atoms with Crippen molar-refractivity contribution in [1.82, 2.24) is 0 Å². The minimum Gasteiger partial charge on any atom is -0.481 e. The summed E-state index contributed by atoms with van der Waals surface area (Å²) in [5.41, 5.74) is 3.78. The van der Waals surface area contributed by atoms with Gasteiger partial charge in [0.1, 0.15) is 17.1 Å². The van der Waals surface area contributed by atoms with Gasteiger partial charge in [0.2, 0.25) is 0 Å². The van der Waals surface area contributed by atoms with Crippen molar-refractivity contribution in [1.29, 1.82) is 0 Å². The number of rotatable bonds is 12. The number of hydrogen-bond acceptors (Lipinski definition) is 6. The number of ether oxygens (including phenoxy) is 1. The summed E-state index contributed by atoms with van der Waals surface area (Å²) < 4.78 is 17.7. The lowest BCUT2D eigenvalue weighted by Crippen LogP contribution is -2.42. The van der Waals surface area contributed by atoms with Gasteiger partial charge in [-0.25, -0.2) is 0 Å². The summed E-state index contributed by atoms with van der Waals surface area (Å²) in [5.74, 6) is -3.40. The Balaban J connectivity index is 1.71. The second kappa shape index (κ2) is 12.6. The lowest BCUT2D eigenvalue weighted by Gasteiger charge is -2.39. The highest BCUT2D eigenvalue weighted by atomic mass is 28.4. The third-order valence-electron chi connectivity index (χ3n) is 8.37. The first-order valence-corrected chi connectivity index (χ1v) is 17.2. The third-order valence-corrected chi connectivity index (χ3v) is 12.9. The van der Waals surface area contributed by atoms with Crippen LogP contribution < -0.4 is 0 Å². The Kier molecular flexibility index (Phi) is 9.38. The van der Waals surface area contributed by atoms with Crippen LogP contribution in [-0.2, 0) is 25.2 Å². The van der Waals surface area contributed by atoms with E-state index in [9.17, 15) is 19.5 Å². The molecule has 0 saturated carbocycles. The van der Waals surface area contributed by atoms with E-state index in [2.05, 4.69) is 56.8 Å². The molecule has 42 heavy (non-hydrogen) atoms. The molecule has 0 amide bonds. The standard InChI is InChI=1S/C34H40O7Si/c1-34(2,3)42(5,6)41-30(19-22-11-8-7-9-12-22)23-15-17-28-26(20-23)27-21-24(16-18-29(27)40-28)32(36)25(33(37)38)13-10-14-31(35)39-4/h7-9,11-12,15-18,20-21,25,30H,10,13-14,19H2,1-6H3,(H,37,38). The average Bonchev–Trinajstić information content (AvgIpc) is 3.31. The van der Waals surface area contributed by atoms with Crippen LogP contribution in [0, 0.1) is 5.92 Å². The number of carbonyl (C=O) groups is 3. The van der Waals surface area contributed by atoms with Crippen molar-refractivity contribution in [2.75, 3.05) is 7.11 Å². The number of esters is 1. The van der Waals surface area contributed by atoms with Gasteiger partial charge in [0, 0.05) is 29.2 Å². The molecule has 0 aliphatic carbocycles. The lowest BCUT2D eigenvalue weighted by atomic mass is 9.92. The first-order chi connectivity index (χ1) is 19.8. The van der Waals surface area contributed by atoms with Gasteiger partial charge in [-0.05, 0) is 72.4 Å². The van der Waals surface area contributed by atoms with Crippen LogP contribution in [0.3, 0.4) is 0 Å². The van der Waals surface area contributed by atoms with E-state index < -0.39 is 32.0 Å². The Bertz CT molecular complexity index is 1580. The van der Waals surface area contributed by atoms with E-state index in [4.69, 9.17) is 8.84 Å². The molecule has 0 radical (unpaired) electrons. The number of fused-ring (bicyclic) bond motifs is 3. The van der Waals surface area contributed by atoms with Gasteiger partial charge < -0.3 is 18.7 Å². The molecule has 4 rings (SSSR count). The Morgan fingerprint density at radius 3 is 2.19 bits per heavy atom. The molecule has 2 atom stereocenters. The van der Waals surface area contributed by atoms with Crippen LogP contribution in [0.25, 0.3) is 21.9 Å². The molecule has 0 aliphatic heterocycles. The van der Waals surface area contributed by atoms with Gasteiger partial charge in [0.25, 0.3) is 0 Å². The minimum atomic E-state index is -2.13. The number of furan rings is 1. The molecular formula is C34H40O7Si. The number of carboxylic acids is 1. The van der Waals surface area contributed by atoms with Crippen molar-refractivity contribution in [3.05, 3.63) is 83.4 Å². The van der Waals surface area contributed by atoms with Gasteiger partial charge in [-0.1, -0.05) is 57.2 Å². The second-order valence-corrected chi connectivity index (χ2v) is 17.1. The minimum absolute atomic E-state index is 0.0289. The number of carboxylic acid groups (broad SMARTS) is 1. The molecule has 0 saturated heterocycles. The smallest absolute Gasteiger partial charge is 0.314 e. The number of carbonyl (C=O) groups excluding carboxylic acids is 2. The number of aliphatic carboxylic acids is 1. The summed E-state index contributed by atoms with van der Waals surface area (Å²) in [6.45, 7) is 11.2. The van der Waals surface area contributed by atoms with Crippen molar-refractivity contribution in [3.63, 3.8) is 0 Å². The maximum atomic E-state index is 13.3. The molecule has 2 unspecified atom stereocenters. The fourth-order valence-corrected chi connectivity index (χ4v) is 6.14. The van der Waals surface area contributed by atoms with Crippen LogP contribution in [0.2, 0.25) is 18.1 Å². The van der Waals surface area contributed by atoms with Crippen LogP contribution in [0.4, 0.5) is 0 Å². The molecule has 1 aromatic heterocycles. The summed E-state index contributed by atoms with van der Waals surface area (Å²) >= 11 is 0. The maximum absolute atomic E-state index is 13.3. The predicted molar refractivity (Wildman–Crippen MR) is 166 cm³/mol. The highest BCUT2D eigenvalue weighted by molar-refractivity contribution is 6.74. The molecule has 4 aromatic rings. The molecule has 222 valence electrons. The Hall–Kier alpha value is -3.75. The highest BCUT2D eigenvalue weighted by Gasteiger charge is 2.39. The fourth-order valence-electron chi connectivity index (χ4n) is 4.86. The van der Waals surface area contributed by atoms with Gasteiger partial charge in [0.05, 0.1) is 13.2 Å². The number of benzene rings is 3. The van der Waals surface area contributed by atoms with E-state index in [-0.39, 0.29) is 30.4 Å². The Morgan fingerprint density at radius 2 is 1.57 bits per heavy atom. The van der Waals surface area contributed by atoms with Gasteiger partial charge in [0.15, 0.2) is 14.1 Å². The molecule has 1 N–H and O–H groups in total. The van der Waals surface area contributed by atoms with Gasteiger partial charge in [-0.3, -0.25) is 14.4 Å². The number of Topliss-reactive ketones (excluding diaryl/α,β-unsaturated/α-hetero) is 1. The molecule has 0 fully saturated rings. The molecule has 1 heterocycles. The van der Waals surface area contributed by atoms with Crippen LogP contribution >= 0.6 is 0 Å². The molecule has 7 nitrogen and oxygen atoms in total. The summed E-state index contributed by atoms with van der Waals surface area (Å²) in [5, 5.41) is 11.4. The molecule has 0 bridgehead atoms. The Morgan fingerprint density at radius 1 is 0.929 bits per heavy atom. The predicted octanol–water partition coefficient (Wildman–Crippen LogP) is 8.12. The zero-order valence-electron chi connectivity index (χ0n) is 25.2. The van der Waals surface area contributed by atoms with E-state index in [0.717, 1.165) is 16.3 Å². The molecule has 0 aliphatic rings. The average molecular weight is 589 g/mol. The first kappa shape index (κ1) is 31.2. The lowest BCUT2D eigenvalue weighted by molar-refractivity contribution is -0.142. The van der Waals surface area contributed by atoms with Crippen LogP contribution in [0.5, 0.6) is 0 Å². The quantitative estimate of drug-likeness (QED) is 0.0771. The fraction of sp³-hybridized carbons (Fsp3) is 0.382. The van der Waals surface area contributed by atoms with E-state index >= 15 is 0 Å². The number of hydrogen-bond donors (Lipinski definition) is 1. The largest absolute Gasteiger partial charge is 0.481 e. The summed E-state index contributed by atoms with van der Waals surface area (Å²) in [7, 11) is -0.851. The maximum Gasteiger partial charge on any atom is 0.314 e. The SMILES string of the molecule is COC(=O)CCCC(C(=O)O)C(=O)c1ccc2oc3ccc(C(Cc4ccccc4)O[Si](C)(C)C(C)(C)C)cc3c2c1. The van der Waals surface area contributed by atoms with Crippen LogP contribution in [0.15, 0.2) is 71.1 Å². The van der Waals surface area contributed by atoms with Crippen molar-refractivity contribution in [2.24, 2.45) is 5.92 Å². The van der Waals surface area contributed by atoms with E-state index in [1.54, 1.807) is 18.2 Å². The zero-order chi connectivity index (χ0) is 30.7. The van der Waals surface area contributed by atoms with Crippen LogP contribution in [0.1, 0.15) is 67.6 Å². The molecule has 3 aromatic carbocycles. The summed E-state index contributed by atoms with van der Waals surface area (Å²) in [6.07, 6.45) is 0.877. The van der Waals surface area contributed by atoms with E-state index in [1.165, 1.54) is 12.7 Å². The molecule has 0 spiro atoms. The topological polar surface area (TPSA) is 103 Å². The molecule has 8 heteroatoms. The van der Waals surface area contributed by atoms with Gasteiger partial charge >= 0.3 is 11.9 Å². The molecular weight excluding hydrogens is 548 g/mol. The number of methoxy groups -OCH3 is 1. The van der Waals surface area contributed by atoms with Crippen molar-refractivity contribution in [2.45, 2.75) is 70.7 Å².